The highest BCUT2D eigenvalue weighted by Gasteiger charge is 2.13. The van der Waals surface area contributed by atoms with Crippen molar-refractivity contribution in [1.29, 1.82) is 5.26 Å². The second-order valence-corrected chi connectivity index (χ2v) is 5.67. The van der Waals surface area contributed by atoms with Crippen molar-refractivity contribution in [2.24, 2.45) is 4.99 Å². The average molecular weight is 278 g/mol. The molecule has 0 N–H and O–H groups in total. The van der Waals surface area contributed by atoms with Crippen molar-refractivity contribution >= 4 is 5.71 Å². The summed E-state index contributed by atoms with van der Waals surface area (Å²) in [5.74, 6) is 0. The van der Waals surface area contributed by atoms with Gasteiger partial charge >= 0.3 is 0 Å². The van der Waals surface area contributed by atoms with E-state index in [2.05, 4.69) is 49.4 Å². The first kappa shape index (κ1) is 15.3. The fraction of sp³-hybridized carbons (Fsp3) is 0.368. The molecule has 0 atom stereocenters. The van der Waals surface area contributed by atoms with Gasteiger partial charge in [-0.3, -0.25) is 4.99 Å². The predicted octanol–water partition coefficient (Wildman–Crippen LogP) is 4.84. The van der Waals surface area contributed by atoms with Crippen LogP contribution >= 0.6 is 0 Å². The van der Waals surface area contributed by atoms with Crippen LogP contribution in [-0.2, 0) is 0 Å². The van der Waals surface area contributed by atoms with Gasteiger partial charge in [0.1, 0.15) is 0 Å². The van der Waals surface area contributed by atoms with E-state index in [0.29, 0.717) is 12.0 Å². The number of dihydropyridines is 1. The molecule has 0 radical (unpaired) electrons. The first-order chi connectivity index (χ1) is 10.1. The second-order valence-electron chi connectivity index (χ2n) is 5.67. The summed E-state index contributed by atoms with van der Waals surface area (Å²) in [6.07, 6.45) is 11.2. The Morgan fingerprint density at radius 2 is 2.10 bits per heavy atom. The summed E-state index contributed by atoms with van der Waals surface area (Å²) in [6, 6.07) is 2.11. The fourth-order valence-electron chi connectivity index (χ4n) is 2.70. The average Bonchev–Trinajstić information content (AvgIpc) is 2.50. The number of hydrogen-bond acceptors (Lipinski definition) is 2. The van der Waals surface area contributed by atoms with Crippen molar-refractivity contribution in [2.45, 2.75) is 39.0 Å². The zero-order chi connectivity index (χ0) is 15.2. The summed E-state index contributed by atoms with van der Waals surface area (Å²) in [4.78, 5) is 4.50. The van der Waals surface area contributed by atoms with E-state index in [-0.39, 0.29) is 0 Å². The van der Waals surface area contributed by atoms with Gasteiger partial charge in [0, 0.05) is 24.3 Å². The summed E-state index contributed by atoms with van der Waals surface area (Å²) in [5, 5.41) is 8.79. The first-order valence-electron chi connectivity index (χ1n) is 7.45. The molecule has 2 nitrogen and oxygen atoms in total. The highest BCUT2D eigenvalue weighted by atomic mass is 14.7. The van der Waals surface area contributed by atoms with Crippen LogP contribution in [0.25, 0.3) is 0 Å². The van der Waals surface area contributed by atoms with Crippen LogP contribution in [0.1, 0.15) is 39.0 Å². The lowest BCUT2D eigenvalue weighted by Crippen LogP contribution is -2.06. The molecule has 2 rings (SSSR count). The highest BCUT2D eigenvalue weighted by Crippen LogP contribution is 2.30. The molecule has 2 heteroatoms. The van der Waals surface area contributed by atoms with Crippen molar-refractivity contribution in [3.8, 4) is 6.07 Å². The van der Waals surface area contributed by atoms with Gasteiger partial charge in [0.25, 0.3) is 0 Å². The molecule has 0 saturated carbocycles. The van der Waals surface area contributed by atoms with E-state index in [1.807, 2.05) is 0 Å². The molecule has 0 unspecified atom stereocenters. The summed E-state index contributed by atoms with van der Waals surface area (Å²) < 4.78 is 0. The van der Waals surface area contributed by atoms with Gasteiger partial charge in [-0.15, -0.1) is 0 Å². The maximum Gasteiger partial charge on any atom is 0.0944 e. The molecule has 1 heterocycles. The first-order valence-corrected chi connectivity index (χ1v) is 7.45. The Balaban J connectivity index is 1.98. The van der Waals surface area contributed by atoms with Gasteiger partial charge in [-0.2, -0.15) is 5.26 Å². The van der Waals surface area contributed by atoms with E-state index < -0.39 is 0 Å². The van der Waals surface area contributed by atoms with Gasteiger partial charge in [-0.1, -0.05) is 37.0 Å². The standard InChI is InChI=1S/C19H22N2/c1-14(13-20)11-17-6-8-18(9-7-17)15(2)12-19-5-4-10-21-16(19)3/h5-6,8H,1-2,4,7,9-12H2,3H3. The summed E-state index contributed by atoms with van der Waals surface area (Å²) in [7, 11) is 0. The van der Waals surface area contributed by atoms with Gasteiger partial charge in [0.2, 0.25) is 0 Å². The topological polar surface area (TPSA) is 36.1 Å². The van der Waals surface area contributed by atoms with E-state index in [9.17, 15) is 0 Å². The third-order valence-electron chi connectivity index (χ3n) is 4.03. The zero-order valence-corrected chi connectivity index (χ0v) is 12.8. The van der Waals surface area contributed by atoms with Crippen molar-refractivity contribution in [3.05, 3.63) is 59.3 Å². The van der Waals surface area contributed by atoms with E-state index in [1.165, 1.54) is 22.3 Å². The normalized spacial score (nSPS) is 17.9. The van der Waals surface area contributed by atoms with Crippen LogP contribution in [0.15, 0.2) is 64.2 Å². The number of hydrogen-bond donors (Lipinski definition) is 0. The molecule has 2 aliphatic rings. The van der Waals surface area contributed by atoms with E-state index in [4.69, 9.17) is 5.26 Å². The summed E-state index contributed by atoms with van der Waals surface area (Å²) in [5.41, 5.74) is 6.90. The number of rotatable bonds is 5. The third kappa shape index (κ3) is 4.16. The van der Waals surface area contributed by atoms with Crippen molar-refractivity contribution in [1.82, 2.24) is 0 Å². The van der Waals surface area contributed by atoms with Crippen molar-refractivity contribution in [2.75, 3.05) is 6.54 Å². The van der Waals surface area contributed by atoms with Crippen LogP contribution in [0.4, 0.5) is 0 Å². The Morgan fingerprint density at radius 1 is 1.29 bits per heavy atom. The minimum atomic E-state index is 0.635. The smallest absolute Gasteiger partial charge is 0.0944 e. The maximum atomic E-state index is 8.79. The van der Waals surface area contributed by atoms with E-state index >= 15 is 0 Å². The zero-order valence-electron chi connectivity index (χ0n) is 12.8. The predicted molar refractivity (Wildman–Crippen MR) is 89.2 cm³/mol. The molecule has 108 valence electrons. The molecule has 0 saturated heterocycles. The van der Waals surface area contributed by atoms with Crippen LogP contribution in [0, 0.1) is 11.3 Å². The number of nitrogens with zero attached hydrogens (tertiary/aromatic N) is 2. The monoisotopic (exact) mass is 278 g/mol. The molecule has 0 aromatic carbocycles. The molecular weight excluding hydrogens is 256 g/mol. The molecule has 0 fully saturated rings. The lowest BCUT2D eigenvalue weighted by Gasteiger charge is -2.19. The maximum absolute atomic E-state index is 8.79. The van der Waals surface area contributed by atoms with Gasteiger partial charge < -0.3 is 0 Å². The number of allylic oxidation sites excluding steroid dienone is 7. The van der Waals surface area contributed by atoms with Gasteiger partial charge in [0.15, 0.2) is 0 Å². The van der Waals surface area contributed by atoms with Gasteiger partial charge in [0.05, 0.1) is 6.07 Å². The lowest BCUT2D eigenvalue weighted by atomic mass is 9.88. The van der Waals surface area contributed by atoms with Crippen molar-refractivity contribution in [3.63, 3.8) is 0 Å². The van der Waals surface area contributed by atoms with Gasteiger partial charge in [-0.25, -0.2) is 0 Å². The SMILES string of the molecule is C=C(C#N)CC1=CC=C(C(=C)CC2=CCCN=C2C)CC1. The Kier molecular flexibility index (Phi) is 5.11. The molecular formula is C19H22N2. The molecule has 1 aliphatic heterocycles. The number of nitriles is 1. The summed E-state index contributed by atoms with van der Waals surface area (Å²) in [6.45, 7) is 11.0. The Morgan fingerprint density at radius 3 is 2.71 bits per heavy atom. The highest BCUT2D eigenvalue weighted by molar-refractivity contribution is 5.99. The minimum Gasteiger partial charge on any atom is -0.289 e. The lowest BCUT2D eigenvalue weighted by molar-refractivity contribution is 0.868. The quantitative estimate of drug-likeness (QED) is 0.663. The van der Waals surface area contributed by atoms with E-state index in [1.54, 1.807) is 0 Å². The van der Waals surface area contributed by atoms with Crippen LogP contribution in [0.5, 0.6) is 0 Å². The Hall–Kier alpha value is -2.14. The molecule has 21 heavy (non-hydrogen) atoms. The number of aliphatic imine (C=N–C) groups is 1. The Bertz CT molecular complexity index is 618. The summed E-state index contributed by atoms with van der Waals surface area (Å²) >= 11 is 0. The molecule has 0 aromatic rings. The van der Waals surface area contributed by atoms with Crippen LogP contribution in [0.3, 0.4) is 0 Å². The molecule has 0 spiro atoms. The minimum absolute atomic E-state index is 0.635. The fourth-order valence-corrected chi connectivity index (χ4v) is 2.70. The third-order valence-corrected chi connectivity index (χ3v) is 4.03. The van der Waals surface area contributed by atoms with Gasteiger partial charge in [-0.05, 0) is 49.3 Å². The second kappa shape index (κ2) is 7.04. The largest absolute Gasteiger partial charge is 0.289 e. The van der Waals surface area contributed by atoms with Crippen LogP contribution < -0.4 is 0 Å². The van der Waals surface area contributed by atoms with Crippen LogP contribution in [0.2, 0.25) is 0 Å². The van der Waals surface area contributed by atoms with Crippen LogP contribution in [-0.4, -0.2) is 12.3 Å². The van der Waals surface area contributed by atoms with E-state index in [0.717, 1.165) is 37.9 Å². The Labute approximate surface area is 127 Å². The van der Waals surface area contributed by atoms with Crippen molar-refractivity contribution < 1.29 is 0 Å². The molecule has 0 aromatic heterocycles. The molecule has 1 aliphatic carbocycles. The molecule has 0 bridgehead atoms. The molecule has 0 amide bonds.